The van der Waals surface area contributed by atoms with Crippen molar-refractivity contribution >= 4 is 23.5 Å². The molecule has 0 unspecified atom stereocenters. The average molecular weight is 362 g/mol. The van der Waals surface area contributed by atoms with E-state index in [9.17, 15) is 19.1 Å². The fourth-order valence-corrected chi connectivity index (χ4v) is 3.35. The van der Waals surface area contributed by atoms with Crippen LogP contribution in [-0.2, 0) is 4.79 Å². The highest BCUT2D eigenvalue weighted by Gasteiger charge is 2.40. The lowest BCUT2D eigenvalue weighted by atomic mass is 9.89. The number of amides is 1. The number of halogens is 2. The van der Waals surface area contributed by atoms with E-state index < -0.39 is 11.9 Å². The molecule has 6 heteroatoms. The summed E-state index contributed by atoms with van der Waals surface area (Å²) in [5.74, 6) is -2.59. The van der Waals surface area contributed by atoms with Crippen LogP contribution in [0.15, 0.2) is 42.5 Å². The van der Waals surface area contributed by atoms with Crippen molar-refractivity contribution in [2.24, 2.45) is 5.92 Å². The number of hydrogen-bond donors (Lipinski definition) is 1. The largest absolute Gasteiger partial charge is 0.481 e. The molecule has 1 fully saturated rings. The molecule has 1 aliphatic rings. The molecular weight excluding hydrogens is 345 g/mol. The number of carboxylic acids is 1. The van der Waals surface area contributed by atoms with Gasteiger partial charge in [0.15, 0.2) is 0 Å². The zero-order valence-corrected chi connectivity index (χ0v) is 14.3. The molecule has 1 aliphatic heterocycles. The topological polar surface area (TPSA) is 57.6 Å². The molecule has 0 radical (unpaired) electrons. The van der Waals surface area contributed by atoms with Gasteiger partial charge in [-0.25, -0.2) is 4.39 Å². The minimum absolute atomic E-state index is 0.123. The predicted molar refractivity (Wildman–Crippen MR) is 92.4 cm³/mol. The Morgan fingerprint density at radius 2 is 1.84 bits per heavy atom. The summed E-state index contributed by atoms with van der Waals surface area (Å²) in [5, 5.41) is 10.1. The van der Waals surface area contributed by atoms with Gasteiger partial charge in [0.2, 0.25) is 0 Å². The van der Waals surface area contributed by atoms with Crippen molar-refractivity contribution in [1.82, 2.24) is 4.90 Å². The maximum atomic E-state index is 13.4. The van der Waals surface area contributed by atoms with Crippen LogP contribution in [-0.4, -0.2) is 35.0 Å². The van der Waals surface area contributed by atoms with Gasteiger partial charge in [-0.05, 0) is 48.4 Å². The number of likely N-dealkylation sites (tertiary alicyclic amines) is 1. The molecule has 1 heterocycles. The SMILES string of the molecule is Cc1cc(C(=O)N2C[C@@H](C(=O)O)[C@H](c3ccc(Cl)cc3)C2)ccc1F. The third kappa shape index (κ3) is 3.51. The second-order valence-corrected chi connectivity index (χ2v) is 6.71. The fraction of sp³-hybridized carbons (Fsp3) is 0.263. The molecule has 130 valence electrons. The van der Waals surface area contributed by atoms with Crippen LogP contribution in [0.3, 0.4) is 0 Å². The number of benzene rings is 2. The zero-order valence-electron chi connectivity index (χ0n) is 13.6. The van der Waals surface area contributed by atoms with Crippen LogP contribution in [0.1, 0.15) is 27.4 Å². The van der Waals surface area contributed by atoms with E-state index in [1.54, 1.807) is 31.2 Å². The Hall–Kier alpha value is -2.40. The van der Waals surface area contributed by atoms with Crippen molar-refractivity contribution in [3.8, 4) is 0 Å². The number of carbonyl (C=O) groups excluding carboxylic acids is 1. The predicted octanol–water partition coefficient (Wildman–Crippen LogP) is 3.73. The maximum Gasteiger partial charge on any atom is 0.308 e. The third-order valence-corrected chi connectivity index (χ3v) is 4.88. The molecule has 2 aromatic rings. The van der Waals surface area contributed by atoms with Gasteiger partial charge in [-0.2, -0.15) is 0 Å². The van der Waals surface area contributed by atoms with E-state index in [1.807, 2.05) is 0 Å². The van der Waals surface area contributed by atoms with E-state index in [1.165, 1.54) is 23.1 Å². The number of nitrogens with zero attached hydrogens (tertiary/aromatic N) is 1. The molecule has 2 atom stereocenters. The zero-order chi connectivity index (χ0) is 18.1. The molecular formula is C19H17ClFNO3. The van der Waals surface area contributed by atoms with Crippen molar-refractivity contribution in [1.29, 1.82) is 0 Å². The standard InChI is InChI=1S/C19H17ClFNO3/c1-11-8-13(4-7-17(11)21)18(23)22-9-15(16(10-22)19(24)25)12-2-5-14(20)6-3-12/h2-8,15-16H,9-10H2,1H3,(H,24,25)/t15-,16+/m0/s1. The van der Waals surface area contributed by atoms with Gasteiger partial charge in [0.05, 0.1) is 5.92 Å². The molecule has 3 rings (SSSR count). The first-order valence-electron chi connectivity index (χ1n) is 7.90. The van der Waals surface area contributed by atoms with Gasteiger partial charge in [0.1, 0.15) is 5.82 Å². The normalized spacial score (nSPS) is 19.9. The van der Waals surface area contributed by atoms with Crippen molar-refractivity contribution in [3.63, 3.8) is 0 Å². The third-order valence-electron chi connectivity index (χ3n) is 4.63. The van der Waals surface area contributed by atoms with E-state index in [-0.39, 0.29) is 24.2 Å². The molecule has 1 saturated heterocycles. The van der Waals surface area contributed by atoms with Gasteiger partial charge in [0, 0.05) is 29.6 Å². The number of carboxylic acid groups (broad SMARTS) is 1. The van der Waals surface area contributed by atoms with Gasteiger partial charge in [-0.15, -0.1) is 0 Å². The highest BCUT2D eigenvalue weighted by atomic mass is 35.5. The van der Waals surface area contributed by atoms with Gasteiger partial charge in [-0.3, -0.25) is 9.59 Å². The number of rotatable bonds is 3. The lowest BCUT2D eigenvalue weighted by molar-refractivity contribution is -0.141. The molecule has 0 saturated carbocycles. The van der Waals surface area contributed by atoms with E-state index in [2.05, 4.69) is 0 Å². The molecule has 1 N–H and O–H groups in total. The number of aliphatic carboxylic acids is 1. The molecule has 1 amide bonds. The Balaban J connectivity index is 1.86. The lowest BCUT2D eigenvalue weighted by Gasteiger charge is -2.17. The van der Waals surface area contributed by atoms with Crippen LogP contribution in [0.5, 0.6) is 0 Å². The van der Waals surface area contributed by atoms with E-state index in [4.69, 9.17) is 11.6 Å². The lowest BCUT2D eigenvalue weighted by Crippen LogP contribution is -2.30. The smallest absolute Gasteiger partial charge is 0.308 e. The first-order chi connectivity index (χ1) is 11.9. The van der Waals surface area contributed by atoms with Crippen LogP contribution < -0.4 is 0 Å². The van der Waals surface area contributed by atoms with Gasteiger partial charge in [0.25, 0.3) is 5.91 Å². The van der Waals surface area contributed by atoms with Crippen molar-refractivity contribution in [2.75, 3.05) is 13.1 Å². The van der Waals surface area contributed by atoms with Gasteiger partial charge in [-0.1, -0.05) is 23.7 Å². The summed E-state index contributed by atoms with van der Waals surface area (Å²) >= 11 is 5.89. The van der Waals surface area contributed by atoms with Crippen molar-refractivity contribution in [3.05, 3.63) is 70.0 Å². The summed E-state index contributed by atoms with van der Waals surface area (Å²) in [6, 6.07) is 11.2. The highest BCUT2D eigenvalue weighted by Crippen LogP contribution is 2.34. The molecule has 2 aromatic carbocycles. The summed E-state index contributed by atoms with van der Waals surface area (Å²) < 4.78 is 13.4. The molecule has 0 aliphatic carbocycles. The monoisotopic (exact) mass is 361 g/mol. The summed E-state index contributed by atoms with van der Waals surface area (Å²) in [6.07, 6.45) is 0. The van der Waals surface area contributed by atoms with Crippen LogP contribution in [0.4, 0.5) is 4.39 Å². The van der Waals surface area contributed by atoms with E-state index in [0.29, 0.717) is 22.7 Å². The van der Waals surface area contributed by atoms with E-state index in [0.717, 1.165) is 5.56 Å². The Bertz CT molecular complexity index is 822. The second kappa shape index (κ2) is 6.84. The number of hydrogen-bond acceptors (Lipinski definition) is 2. The quantitative estimate of drug-likeness (QED) is 0.906. The molecule has 0 bridgehead atoms. The Kier molecular flexibility index (Phi) is 4.77. The Labute approximate surface area is 149 Å². The number of carbonyl (C=O) groups is 2. The molecule has 4 nitrogen and oxygen atoms in total. The van der Waals surface area contributed by atoms with Gasteiger partial charge < -0.3 is 10.0 Å². The van der Waals surface area contributed by atoms with Crippen LogP contribution in [0.25, 0.3) is 0 Å². The summed E-state index contributed by atoms with van der Waals surface area (Å²) in [4.78, 5) is 25.9. The minimum Gasteiger partial charge on any atom is -0.481 e. The molecule has 0 aromatic heterocycles. The Morgan fingerprint density at radius 1 is 1.16 bits per heavy atom. The van der Waals surface area contributed by atoms with Crippen LogP contribution >= 0.6 is 11.6 Å². The first-order valence-corrected chi connectivity index (χ1v) is 8.28. The van der Waals surface area contributed by atoms with Crippen molar-refractivity contribution < 1.29 is 19.1 Å². The first kappa shape index (κ1) is 17.4. The maximum absolute atomic E-state index is 13.4. The van der Waals surface area contributed by atoms with E-state index >= 15 is 0 Å². The summed E-state index contributed by atoms with van der Waals surface area (Å²) in [6.45, 7) is 2.01. The van der Waals surface area contributed by atoms with Crippen LogP contribution in [0, 0.1) is 18.7 Å². The molecule has 25 heavy (non-hydrogen) atoms. The Morgan fingerprint density at radius 3 is 2.44 bits per heavy atom. The minimum atomic E-state index is -0.939. The summed E-state index contributed by atoms with van der Waals surface area (Å²) in [7, 11) is 0. The fourth-order valence-electron chi connectivity index (χ4n) is 3.23. The summed E-state index contributed by atoms with van der Waals surface area (Å²) in [5.41, 5.74) is 1.58. The van der Waals surface area contributed by atoms with Gasteiger partial charge >= 0.3 is 5.97 Å². The molecule has 0 spiro atoms. The van der Waals surface area contributed by atoms with Crippen LogP contribution in [0.2, 0.25) is 5.02 Å². The average Bonchev–Trinajstić information content (AvgIpc) is 3.03. The highest BCUT2D eigenvalue weighted by molar-refractivity contribution is 6.30. The second-order valence-electron chi connectivity index (χ2n) is 6.28. The number of aryl methyl sites for hydroxylation is 1. The van der Waals surface area contributed by atoms with Crippen molar-refractivity contribution in [2.45, 2.75) is 12.8 Å².